The molecule has 1 unspecified atom stereocenters. The van der Waals surface area contributed by atoms with Crippen molar-refractivity contribution in [3.8, 4) is 17.1 Å². The van der Waals surface area contributed by atoms with E-state index in [-0.39, 0.29) is 17.9 Å². The molecule has 9 heteroatoms. The smallest absolute Gasteiger partial charge is 0.275 e. The summed E-state index contributed by atoms with van der Waals surface area (Å²) in [7, 11) is 1.86. The highest BCUT2D eigenvalue weighted by Gasteiger charge is 2.31. The Balaban J connectivity index is 1.10. The monoisotopic (exact) mass is 459 g/mol. The summed E-state index contributed by atoms with van der Waals surface area (Å²) in [4.78, 5) is 19.5. The fourth-order valence-electron chi connectivity index (χ4n) is 4.65. The molecule has 0 bridgehead atoms. The Bertz CT molecular complexity index is 1320. The Morgan fingerprint density at radius 3 is 2.79 bits per heavy atom. The van der Waals surface area contributed by atoms with Crippen molar-refractivity contribution in [2.75, 3.05) is 26.3 Å². The highest BCUT2D eigenvalue weighted by Crippen LogP contribution is 2.28. The average Bonchev–Trinajstić information content (AvgIpc) is 3.66. The first kappa shape index (κ1) is 20.9. The van der Waals surface area contributed by atoms with Crippen LogP contribution in [0.2, 0.25) is 0 Å². The summed E-state index contributed by atoms with van der Waals surface area (Å²) in [5, 5.41) is 9.45. The number of likely N-dealkylation sites (tertiary alicyclic amines) is 1. The van der Waals surface area contributed by atoms with Crippen molar-refractivity contribution in [2.45, 2.75) is 24.9 Å². The molecule has 174 valence electrons. The molecule has 0 N–H and O–H groups in total. The van der Waals surface area contributed by atoms with Gasteiger partial charge < -0.3 is 18.9 Å². The molecule has 2 aromatic heterocycles. The minimum absolute atomic E-state index is 0.0566. The number of carbonyl (C=O) groups excluding carboxylic acids is 1. The summed E-state index contributed by atoms with van der Waals surface area (Å²) >= 11 is 0. The van der Waals surface area contributed by atoms with Gasteiger partial charge in [-0.05, 0) is 36.8 Å². The molecule has 0 spiro atoms. The van der Waals surface area contributed by atoms with E-state index in [2.05, 4.69) is 15.2 Å². The van der Waals surface area contributed by atoms with E-state index in [9.17, 15) is 4.79 Å². The van der Waals surface area contributed by atoms with E-state index in [1.54, 1.807) is 4.68 Å². The predicted molar refractivity (Wildman–Crippen MR) is 124 cm³/mol. The third-order valence-electron chi connectivity index (χ3n) is 6.53. The molecule has 2 aromatic carbocycles. The molecule has 0 saturated carbocycles. The number of hydrogen-bond donors (Lipinski definition) is 0. The first-order valence-electron chi connectivity index (χ1n) is 11.5. The Morgan fingerprint density at radius 2 is 1.97 bits per heavy atom. The second kappa shape index (κ2) is 8.57. The maximum atomic E-state index is 13.1. The average molecular weight is 460 g/mol. The van der Waals surface area contributed by atoms with Crippen LogP contribution in [0.4, 0.5) is 0 Å². The van der Waals surface area contributed by atoms with Crippen LogP contribution in [0.15, 0.2) is 53.1 Å². The van der Waals surface area contributed by atoms with Gasteiger partial charge in [0.2, 0.25) is 11.7 Å². The Labute approximate surface area is 196 Å². The summed E-state index contributed by atoms with van der Waals surface area (Å²) < 4.78 is 18.7. The molecule has 2 saturated heterocycles. The van der Waals surface area contributed by atoms with Crippen molar-refractivity contribution in [3.05, 3.63) is 60.1 Å². The van der Waals surface area contributed by atoms with Crippen LogP contribution in [0.5, 0.6) is 5.75 Å². The normalized spacial score (nSPS) is 20.3. The van der Waals surface area contributed by atoms with Crippen molar-refractivity contribution in [2.24, 2.45) is 7.05 Å². The van der Waals surface area contributed by atoms with Crippen LogP contribution in [-0.2, 0) is 11.8 Å². The number of carbonyl (C=O) groups is 1. The van der Waals surface area contributed by atoms with Gasteiger partial charge in [-0.3, -0.25) is 9.48 Å². The molecule has 0 aliphatic carbocycles. The number of rotatable bonds is 5. The standard InChI is InChI=1S/C25H25N5O4/c1-29-21-5-3-2-4-20(21)22(27-29)25(31)30-12-10-19(14-30)33-18-8-6-16(7-9-18)23-26-24(34-28-23)17-11-13-32-15-17/h2-9,17,19H,10-15H2,1H3/t17?,19-/m0/s1. The third-order valence-corrected chi connectivity index (χ3v) is 6.53. The highest BCUT2D eigenvalue weighted by atomic mass is 16.5. The zero-order chi connectivity index (χ0) is 23.1. The summed E-state index contributed by atoms with van der Waals surface area (Å²) in [5.41, 5.74) is 2.31. The zero-order valence-corrected chi connectivity index (χ0v) is 18.9. The Morgan fingerprint density at radius 1 is 1.12 bits per heavy atom. The van der Waals surface area contributed by atoms with E-state index in [1.165, 1.54) is 0 Å². The van der Waals surface area contributed by atoms with Gasteiger partial charge in [-0.25, -0.2) is 0 Å². The lowest BCUT2D eigenvalue weighted by Crippen LogP contribution is -2.31. The van der Waals surface area contributed by atoms with Crippen molar-refractivity contribution >= 4 is 16.8 Å². The minimum atomic E-state index is -0.0658. The molecule has 2 aliphatic heterocycles. The minimum Gasteiger partial charge on any atom is -0.489 e. The lowest BCUT2D eigenvalue weighted by atomic mass is 10.1. The second-order valence-corrected chi connectivity index (χ2v) is 8.81. The van der Waals surface area contributed by atoms with Crippen molar-refractivity contribution in [3.63, 3.8) is 0 Å². The summed E-state index contributed by atoms with van der Waals surface area (Å²) in [6.07, 6.45) is 1.62. The molecule has 1 amide bonds. The third kappa shape index (κ3) is 3.81. The van der Waals surface area contributed by atoms with E-state index < -0.39 is 0 Å². The van der Waals surface area contributed by atoms with E-state index in [0.717, 1.165) is 41.7 Å². The van der Waals surface area contributed by atoms with Gasteiger partial charge in [0.05, 0.1) is 24.6 Å². The molecule has 6 rings (SSSR count). The van der Waals surface area contributed by atoms with E-state index in [4.69, 9.17) is 14.0 Å². The number of hydrogen-bond acceptors (Lipinski definition) is 7. The van der Waals surface area contributed by atoms with Crippen LogP contribution < -0.4 is 4.74 Å². The number of ether oxygens (including phenoxy) is 2. The largest absolute Gasteiger partial charge is 0.489 e. The van der Waals surface area contributed by atoms with Crippen molar-refractivity contribution < 1.29 is 18.8 Å². The van der Waals surface area contributed by atoms with Gasteiger partial charge in [0.1, 0.15) is 11.9 Å². The first-order chi connectivity index (χ1) is 16.7. The highest BCUT2D eigenvalue weighted by molar-refractivity contribution is 6.04. The Hall–Kier alpha value is -3.72. The predicted octanol–water partition coefficient (Wildman–Crippen LogP) is 3.42. The number of fused-ring (bicyclic) bond motifs is 1. The number of amides is 1. The molecule has 0 radical (unpaired) electrons. The second-order valence-electron chi connectivity index (χ2n) is 8.81. The quantitative estimate of drug-likeness (QED) is 0.451. The molecule has 34 heavy (non-hydrogen) atoms. The Kier molecular flexibility index (Phi) is 5.26. The van der Waals surface area contributed by atoms with Crippen LogP contribution >= 0.6 is 0 Å². The van der Waals surface area contributed by atoms with Gasteiger partial charge in [-0.1, -0.05) is 23.4 Å². The van der Waals surface area contributed by atoms with Crippen LogP contribution in [0, 0.1) is 0 Å². The molecular formula is C25H25N5O4. The van der Waals surface area contributed by atoms with Gasteiger partial charge in [0, 0.05) is 37.6 Å². The number of nitrogens with zero attached hydrogens (tertiary/aromatic N) is 5. The van der Waals surface area contributed by atoms with Crippen molar-refractivity contribution in [1.29, 1.82) is 0 Å². The van der Waals surface area contributed by atoms with Crippen LogP contribution in [-0.4, -0.2) is 63.1 Å². The van der Waals surface area contributed by atoms with Gasteiger partial charge >= 0.3 is 0 Å². The summed E-state index contributed by atoms with van der Waals surface area (Å²) in [5.74, 6) is 2.07. The lowest BCUT2D eigenvalue weighted by molar-refractivity contribution is 0.0767. The van der Waals surface area contributed by atoms with E-state index in [1.807, 2.05) is 60.5 Å². The summed E-state index contributed by atoms with van der Waals surface area (Å²) in [6, 6.07) is 15.4. The fraction of sp³-hybridized carbons (Fsp3) is 0.360. The molecule has 4 aromatic rings. The maximum absolute atomic E-state index is 13.1. The molecule has 9 nitrogen and oxygen atoms in total. The molecule has 4 heterocycles. The molecule has 2 aliphatic rings. The van der Waals surface area contributed by atoms with Crippen LogP contribution in [0.25, 0.3) is 22.3 Å². The SMILES string of the molecule is Cn1nc(C(=O)N2CC[C@H](Oc3ccc(-c4noc(C5CCOC5)n4)cc3)C2)c2ccccc21. The van der Waals surface area contributed by atoms with Crippen LogP contribution in [0.3, 0.4) is 0 Å². The zero-order valence-electron chi connectivity index (χ0n) is 18.9. The van der Waals surface area contributed by atoms with Gasteiger partial charge in [0.25, 0.3) is 5.91 Å². The van der Waals surface area contributed by atoms with Crippen molar-refractivity contribution in [1.82, 2.24) is 24.8 Å². The van der Waals surface area contributed by atoms with Gasteiger partial charge in [-0.2, -0.15) is 10.1 Å². The number of aromatic nitrogens is 4. The van der Waals surface area contributed by atoms with E-state index in [0.29, 0.717) is 37.1 Å². The molecule has 2 atom stereocenters. The number of benzene rings is 2. The molecular weight excluding hydrogens is 434 g/mol. The fourth-order valence-corrected chi connectivity index (χ4v) is 4.65. The number of para-hydroxylation sites is 1. The maximum Gasteiger partial charge on any atom is 0.275 e. The van der Waals surface area contributed by atoms with Crippen LogP contribution in [0.1, 0.15) is 35.1 Å². The number of aryl methyl sites for hydroxylation is 1. The van der Waals surface area contributed by atoms with E-state index >= 15 is 0 Å². The van der Waals surface area contributed by atoms with Gasteiger partial charge in [0.15, 0.2) is 5.69 Å². The first-order valence-corrected chi connectivity index (χ1v) is 11.5. The van der Waals surface area contributed by atoms with Gasteiger partial charge in [-0.15, -0.1) is 0 Å². The summed E-state index contributed by atoms with van der Waals surface area (Å²) in [6.45, 7) is 2.54. The topological polar surface area (TPSA) is 95.5 Å². The molecule has 2 fully saturated rings. The lowest BCUT2D eigenvalue weighted by Gasteiger charge is -2.16.